The number of aromatic hydroxyl groups is 1. The molecule has 0 amide bonds. The molecule has 0 saturated carbocycles. The monoisotopic (exact) mass is 444 g/mol. The van der Waals surface area contributed by atoms with Crippen molar-refractivity contribution < 1.29 is 24.2 Å². The Balaban J connectivity index is 1.97. The van der Waals surface area contributed by atoms with Crippen LogP contribution in [-0.2, 0) is 0 Å². The lowest BCUT2D eigenvalue weighted by molar-refractivity contribution is 0.0697. The second kappa shape index (κ2) is 9.28. The summed E-state index contributed by atoms with van der Waals surface area (Å²) >= 11 is 0. The van der Waals surface area contributed by atoms with Crippen LogP contribution in [0.25, 0.3) is 33.4 Å². The fourth-order valence-corrected chi connectivity index (χ4v) is 4.12. The first-order valence-corrected chi connectivity index (χ1v) is 11.0. The lowest BCUT2D eigenvalue weighted by Crippen LogP contribution is -2.07. The summed E-state index contributed by atoms with van der Waals surface area (Å²) in [6.07, 6.45) is 4.05. The van der Waals surface area contributed by atoms with E-state index in [9.17, 15) is 24.6 Å². The fourth-order valence-electron chi connectivity index (χ4n) is 4.12. The number of phenols is 1. The van der Waals surface area contributed by atoms with Crippen molar-refractivity contribution in [1.29, 1.82) is 0 Å². The van der Waals surface area contributed by atoms with E-state index < -0.39 is 5.97 Å². The van der Waals surface area contributed by atoms with Gasteiger partial charge in [0, 0.05) is 40.6 Å². The Morgan fingerprint density at radius 2 is 1.70 bits per heavy atom. The van der Waals surface area contributed by atoms with E-state index in [0.717, 1.165) is 25.7 Å². The van der Waals surface area contributed by atoms with Crippen molar-refractivity contribution in [3.8, 4) is 28.2 Å². The number of Topliss-reactive ketones (excluding diaryl/α,β-unsaturated/α-hetero) is 1. The van der Waals surface area contributed by atoms with Gasteiger partial charge < -0.3 is 14.6 Å². The highest BCUT2D eigenvalue weighted by Crippen LogP contribution is 2.42. The number of unbranched alkanes of at least 4 members (excludes halogenated alkanes) is 3. The first-order chi connectivity index (χ1) is 15.9. The van der Waals surface area contributed by atoms with Gasteiger partial charge in [0.15, 0.2) is 11.2 Å². The van der Waals surface area contributed by atoms with Crippen molar-refractivity contribution in [2.45, 2.75) is 39.0 Å². The molecule has 0 bridgehead atoms. The lowest BCUT2D eigenvalue weighted by Gasteiger charge is -2.18. The summed E-state index contributed by atoms with van der Waals surface area (Å²) in [7, 11) is 0. The molecule has 0 saturated heterocycles. The Labute approximate surface area is 190 Å². The molecule has 2 N–H and O–H groups in total. The summed E-state index contributed by atoms with van der Waals surface area (Å²) < 4.78 is 5.89. The first kappa shape index (κ1) is 22.3. The summed E-state index contributed by atoms with van der Waals surface area (Å²) in [5.41, 5.74) is 2.31. The molecular weight excluding hydrogens is 420 g/mol. The number of hydrogen-bond acceptors (Lipinski definition) is 5. The highest BCUT2D eigenvalue weighted by molar-refractivity contribution is 6.10. The quantitative estimate of drug-likeness (QED) is 0.193. The van der Waals surface area contributed by atoms with Gasteiger partial charge in [-0.05, 0) is 48.4 Å². The molecule has 0 atom stereocenters. The van der Waals surface area contributed by atoms with Gasteiger partial charge in [-0.15, -0.1) is 0 Å². The first-order valence-electron chi connectivity index (χ1n) is 11.0. The third-order valence-corrected chi connectivity index (χ3v) is 5.77. The molecule has 1 aliphatic carbocycles. The van der Waals surface area contributed by atoms with Crippen molar-refractivity contribution in [2.75, 3.05) is 0 Å². The van der Waals surface area contributed by atoms with Gasteiger partial charge in [-0.2, -0.15) is 0 Å². The van der Waals surface area contributed by atoms with E-state index in [1.54, 1.807) is 18.2 Å². The molecule has 4 rings (SSSR count). The number of carbonyl (C=O) groups excluding carboxylic acids is 1. The summed E-state index contributed by atoms with van der Waals surface area (Å²) in [4.78, 5) is 36.9. The number of hydrogen-bond donors (Lipinski definition) is 2. The minimum absolute atomic E-state index is 0.00303. The predicted molar refractivity (Wildman–Crippen MR) is 126 cm³/mol. The zero-order valence-corrected chi connectivity index (χ0v) is 18.3. The molecule has 0 radical (unpaired) electrons. The smallest absolute Gasteiger partial charge is 0.335 e. The Morgan fingerprint density at radius 3 is 2.45 bits per heavy atom. The fraction of sp³-hybridized carbons (Fsp3) is 0.222. The third kappa shape index (κ3) is 4.51. The maximum absolute atomic E-state index is 13.3. The predicted octanol–water partition coefficient (Wildman–Crippen LogP) is 6.12. The average Bonchev–Trinajstić information content (AvgIpc) is 2.79. The van der Waals surface area contributed by atoms with Crippen molar-refractivity contribution >= 4 is 22.7 Å². The summed E-state index contributed by atoms with van der Waals surface area (Å²) in [5, 5.41) is 20.1. The number of fused-ring (bicyclic) bond motifs is 2. The third-order valence-electron chi connectivity index (χ3n) is 5.77. The minimum atomic E-state index is -1.11. The number of phenolic OH excluding ortho intramolecular Hbond substituents is 1. The summed E-state index contributed by atoms with van der Waals surface area (Å²) in [5.74, 6) is -0.923. The van der Waals surface area contributed by atoms with Crippen LogP contribution in [0.3, 0.4) is 0 Å². The van der Waals surface area contributed by atoms with E-state index >= 15 is 0 Å². The molecule has 2 aromatic carbocycles. The van der Waals surface area contributed by atoms with Crippen LogP contribution in [0.1, 0.15) is 59.7 Å². The molecule has 0 spiro atoms. The molecule has 0 aromatic heterocycles. The normalized spacial score (nSPS) is 11.2. The number of rotatable bonds is 8. The maximum Gasteiger partial charge on any atom is 0.335 e. The number of carboxylic acid groups (broad SMARTS) is 1. The Bertz CT molecular complexity index is 1380. The molecule has 0 fully saturated rings. The lowest BCUT2D eigenvalue weighted by atomic mass is 9.87. The average molecular weight is 444 g/mol. The van der Waals surface area contributed by atoms with Crippen LogP contribution in [0.15, 0.2) is 63.8 Å². The van der Waals surface area contributed by atoms with E-state index in [0.29, 0.717) is 45.4 Å². The van der Waals surface area contributed by atoms with E-state index in [-0.39, 0.29) is 22.5 Å². The SMILES string of the molecule is CCCCCCC(=O)c1cc(C(=O)O)ccc1-c1c2ccc(=O)cc-2oc2cc(O)ccc12. The van der Waals surface area contributed by atoms with Gasteiger partial charge in [-0.25, -0.2) is 4.79 Å². The number of ketones is 1. The van der Waals surface area contributed by atoms with Crippen molar-refractivity contribution in [1.82, 2.24) is 0 Å². The molecule has 6 heteroatoms. The molecule has 168 valence electrons. The van der Waals surface area contributed by atoms with Crippen LogP contribution in [-0.4, -0.2) is 22.0 Å². The van der Waals surface area contributed by atoms with E-state index in [4.69, 9.17) is 4.42 Å². The van der Waals surface area contributed by atoms with E-state index in [1.165, 1.54) is 36.4 Å². The van der Waals surface area contributed by atoms with Crippen LogP contribution in [0.4, 0.5) is 0 Å². The van der Waals surface area contributed by atoms with Crippen LogP contribution in [0, 0.1) is 0 Å². The number of carbonyl (C=O) groups is 2. The Morgan fingerprint density at radius 1 is 0.909 bits per heavy atom. The summed E-state index contributed by atoms with van der Waals surface area (Å²) in [6.45, 7) is 2.10. The topological polar surface area (TPSA) is 105 Å². The number of aromatic carboxylic acids is 1. The molecule has 2 aliphatic rings. The summed E-state index contributed by atoms with van der Waals surface area (Å²) in [6, 6.07) is 13.6. The zero-order chi connectivity index (χ0) is 23.5. The van der Waals surface area contributed by atoms with Gasteiger partial charge in [-0.3, -0.25) is 9.59 Å². The van der Waals surface area contributed by atoms with E-state index in [1.807, 2.05) is 0 Å². The number of carboxylic acids is 1. The van der Waals surface area contributed by atoms with Crippen molar-refractivity contribution in [3.63, 3.8) is 0 Å². The van der Waals surface area contributed by atoms with Gasteiger partial charge in [0.05, 0.1) is 5.56 Å². The van der Waals surface area contributed by atoms with Crippen LogP contribution >= 0.6 is 0 Å². The van der Waals surface area contributed by atoms with Gasteiger partial charge in [-0.1, -0.05) is 32.3 Å². The van der Waals surface area contributed by atoms with Gasteiger partial charge in [0.2, 0.25) is 0 Å². The Hall–Kier alpha value is -3.93. The van der Waals surface area contributed by atoms with Crippen molar-refractivity contribution in [2.24, 2.45) is 0 Å². The molecule has 6 nitrogen and oxygen atoms in total. The second-order valence-electron chi connectivity index (χ2n) is 8.11. The number of benzene rings is 3. The van der Waals surface area contributed by atoms with Crippen LogP contribution < -0.4 is 5.43 Å². The van der Waals surface area contributed by atoms with Crippen LogP contribution in [0.5, 0.6) is 5.75 Å². The minimum Gasteiger partial charge on any atom is -0.508 e. The second-order valence-corrected chi connectivity index (χ2v) is 8.11. The highest BCUT2D eigenvalue weighted by Gasteiger charge is 2.23. The van der Waals surface area contributed by atoms with Crippen molar-refractivity contribution in [3.05, 3.63) is 75.9 Å². The molecule has 33 heavy (non-hydrogen) atoms. The standard InChI is InChI=1S/C27H24O6/c1-2-3-4-5-6-23(30)22-13-16(27(31)32)7-10-19(22)26-20-11-8-17(28)14-24(20)33-25-15-18(29)9-12-21(25)26/h7-15,28H,2-6H2,1H3,(H,31,32). The molecule has 1 aliphatic heterocycles. The van der Waals surface area contributed by atoms with E-state index in [2.05, 4.69) is 6.92 Å². The van der Waals surface area contributed by atoms with Gasteiger partial charge >= 0.3 is 5.97 Å². The van der Waals surface area contributed by atoms with Crippen LogP contribution in [0.2, 0.25) is 0 Å². The van der Waals surface area contributed by atoms with Gasteiger partial charge in [0.1, 0.15) is 17.1 Å². The maximum atomic E-state index is 13.3. The van der Waals surface area contributed by atoms with Gasteiger partial charge in [0.25, 0.3) is 0 Å². The zero-order valence-electron chi connectivity index (χ0n) is 18.3. The molecular formula is C27H24O6. The molecule has 1 heterocycles. The highest BCUT2D eigenvalue weighted by atomic mass is 16.4. The molecule has 0 unspecified atom stereocenters. The molecule has 2 aromatic rings. The largest absolute Gasteiger partial charge is 0.508 e. The Kier molecular flexibility index (Phi) is 6.27.